The largest absolute Gasteiger partial charge is 0.490 e. The van der Waals surface area contributed by atoms with E-state index in [1.165, 1.54) is 13.8 Å². The monoisotopic (exact) mass is 266 g/mol. The average Bonchev–Trinajstić information content (AvgIpc) is 2.34. The van der Waals surface area contributed by atoms with E-state index >= 15 is 0 Å². The smallest absolute Gasteiger partial charge is 0.302 e. The molecule has 0 bridgehead atoms. The molecule has 0 aliphatic heterocycles. The Morgan fingerprint density at radius 2 is 1.74 bits per heavy atom. The van der Waals surface area contributed by atoms with Crippen molar-refractivity contribution >= 4 is 11.9 Å². The number of carbonyl (C=O) groups is 2. The molecule has 0 spiro atoms. The van der Waals surface area contributed by atoms with Gasteiger partial charge in [-0.25, -0.2) is 0 Å². The SMILES string of the molecule is CC(=O)OCCOc1ccc(C)c(COC(C)=O)c1. The van der Waals surface area contributed by atoms with E-state index < -0.39 is 0 Å². The van der Waals surface area contributed by atoms with E-state index in [0.717, 1.165) is 11.1 Å². The number of carbonyl (C=O) groups excluding carboxylic acids is 2. The van der Waals surface area contributed by atoms with Crippen LogP contribution in [0.5, 0.6) is 5.75 Å². The summed E-state index contributed by atoms with van der Waals surface area (Å²) in [5.41, 5.74) is 1.91. The van der Waals surface area contributed by atoms with Gasteiger partial charge in [0, 0.05) is 13.8 Å². The molecule has 0 aliphatic carbocycles. The lowest BCUT2D eigenvalue weighted by molar-refractivity contribution is -0.142. The minimum Gasteiger partial charge on any atom is -0.490 e. The Balaban J connectivity index is 2.52. The maximum absolute atomic E-state index is 10.8. The first kappa shape index (κ1) is 15.0. The molecular weight excluding hydrogens is 248 g/mol. The third-order valence-electron chi connectivity index (χ3n) is 2.41. The van der Waals surface area contributed by atoms with Crippen molar-refractivity contribution in [2.45, 2.75) is 27.4 Å². The van der Waals surface area contributed by atoms with Gasteiger partial charge in [0.25, 0.3) is 0 Å². The number of hydrogen-bond acceptors (Lipinski definition) is 5. The number of hydrogen-bond donors (Lipinski definition) is 0. The van der Waals surface area contributed by atoms with Crippen molar-refractivity contribution in [2.75, 3.05) is 13.2 Å². The Morgan fingerprint density at radius 3 is 2.37 bits per heavy atom. The van der Waals surface area contributed by atoms with E-state index in [0.29, 0.717) is 5.75 Å². The zero-order valence-corrected chi connectivity index (χ0v) is 11.4. The summed E-state index contributed by atoms with van der Waals surface area (Å²) in [6.07, 6.45) is 0. The maximum Gasteiger partial charge on any atom is 0.302 e. The van der Waals surface area contributed by atoms with Crippen LogP contribution in [0.4, 0.5) is 0 Å². The Morgan fingerprint density at radius 1 is 1.05 bits per heavy atom. The fourth-order valence-corrected chi connectivity index (χ4v) is 1.42. The summed E-state index contributed by atoms with van der Waals surface area (Å²) in [7, 11) is 0. The highest BCUT2D eigenvalue weighted by atomic mass is 16.6. The van der Waals surface area contributed by atoms with Crippen LogP contribution >= 0.6 is 0 Å². The minimum atomic E-state index is -0.331. The van der Waals surface area contributed by atoms with Gasteiger partial charge in [0.05, 0.1) is 0 Å². The van der Waals surface area contributed by atoms with E-state index in [1.807, 2.05) is 25.1 Å². The van der Waals surface area contributed by atoms with E-state index in [-0.39, 0.29) is 31.8 Å². The predicted molar refractivity (Wildman–Crippen MR) is 68.8 cm³/mol. The van der Waals surface area contributed by atoms with Crippen molar-refractivity contribution in [3.8, 4) is 5.75 Å². The van der Waals surface area contributed by atoms with Crippen LogP contribution in [-0.4, -0.2) is 25.2 Å². The summed E-state index contributed by atoms with van der Waals surface area (Å²) in [5, 5.41) is 0. The third-order valence-corrected chi connectivity index (χ3v) is 2.41. The predicted octanol–water partition coefficient (Wildman–Crippen LogP) is 2.00. The van der Waals surface area contributed by atoms with Gasteiger partial charge in [-0.2, -0.15) is 0 Å². The molecule has 0 atom stereocenters. The maximum atomic E-state index is 10.8. The molecule has 0 N–H and O–H groups in total. The lowest BCUT2D eigenvalue weighted by atomic mass is 10.1. The lowest BCUT2D eigenvalue weighted by Gasteiger charge is -2.10. The fourth-order valence-electron chi connectivity index (χ4n) is 1.42. The van der Waals surface area contributed by atoms with Gasteiger partial charge in [-0.1, -0.05) is 6.07 Å². The first-order chi connectivity index (χ1) is 8.99. The zero-order valence-electron chi connectivity index (χ0n) is 11.4. The molecule has 0 aliphatic rings. The van der Waals surface area contributed by atoms with E-state index in [4.69, 9.17) is 14.2 Å². The molecule has 1 aromatic carbocycles. The summed E-state index contributed by atoms with van der Waals surface area (Å²) >= 11 is 0. The van der Waals surface area contributed by atoms with Gasteiger partial charge in [0.15, 0.2) is 0 Å². The number of esters is 2. The van der Waals surface area contributed by atoms with Crippen LogP contribution in [0.2, 0.25) is 0 Å². The van der Waals surface area contributed by atoms with Crippen molar-refractivity contribution in [3.05, 3.63) is 29.3 Å². The van der Waals surface area contributed by atoms with Gasteiger partial charge in [-0.15, -0.1) is 0 Å². The molecule has 0 unspecified atom stereocenters. The highest BCUT2D eigenvalue weighted by Crippen LogP contribution is 2.18. The van der Waals surface area contributed by atoms with Crippen molar-refractivity contribution in [3.63, 3.8) is 0 Å². The second-order valence-electron chi connectivity index (χ2n) is 4.06. The molecule has 0 fully saturated rings. The highest BCUT2D eigenvalue weighted by molar-refractivity contribution is 5.66. The van der Waals surface area contributed by atoms with Gasteiger partial charge < -0.3 is 14.2 Å². The van der Waals surface area contributed by atoms with E-state index in [1.54, 1.807) is 0 Å². The van der Waals surface area contributed by atoms with Crippen LogP contribution in [0.25, 0.3) is 0 Å². The minimum absolute atomic E-state index is 0.211. The number of benzene rings is 1. The number of aryl methyl sites for hydroxylation is 1. The summed E-state index contributed by atoms with van der Waals surface area (Å²) in [4.78, 5) is 21.4. The summed E-state index contributed by atoms with van der Waals surface area (Å²) in [6, 6.07) is 5.52. The van der Waals surface area contributed by atoms with Crippen molar-refractivity contribution < 1.29 is 23.8 Å². The highest BCUT2D eigenvalue weighted by Gasteiger charge is 2.04. The lowest BCUT2D eigenvalue weighted by Crippen LogP contribution is -2.09. The quantitative estimate of drug-likeness (QED) is 0.582. The second kappa shape index (κ2) is 7.41. The Labute approximate surface area is 112 Å². The van der Waals surface area contributed by atoms with Gasteiger partial charge >= 0.3 is 11.9 Å². The molecule has 5 nitrogen and oxygen atoms in total. The Bertz CT molecular complexity index is 453. The zero-order chi connectivity index (χ0) is 14.3. The molecule has 0 amide bonds. The molecule has 0 saturated carbocycles. The van der Waals surface area contributed by atoms with Crippen LogP contribution in [0.15, 0.2) is 18.2 Å². The molecule has 0 saturated heterocycles. The molecule has 1 aromatic rings. The van der Waals surface area contributed by atoms with Gasteiger partial charge in [-0.3, -0.25) is 9.59 Å². The van der Waals surface area contributed by atoms with Crippen molar-refractivity contribution in [1.29, 1.82) is 0 Å². The van der Waals surface area contributed by atoms with Crippen LogP contribution in [-0.2, 0) is 25.7 Å². The fraction of sp³-hybridized carbons (Fsp3) is 0.429. The van der Waals surface area contributed by atoms with Crippen molar-refractivity contribution in [1.82, 2.24) is 0 Å². The molecule has 5 heteroatoms. The summed E-state index contributed by atoms with van der Waals surface area (Å²) < 4.78 is 15.2. The van der Waals surface area contributed by atoms with Crippen LogP contribution in [0.1, 0.15) is 25.0 Å². The third kappa shape index (κ3) is 5.90. The van der Waals surface area contributed by atoms with Crippen LogP contribution in [0.3, 0.4) is 0 Å². The first-order valence-corrected chi connectivity index (χ1v) is 5.98. The molecule has 19 heavy (non-hydrogen) atoms. The van der Waals surface area contributed by atoms with Gasteiger partial charge in [-0.05, 0) is 30.2 Å². The standard InChI is InChI=1S/C14H18O5/c1-10-4-5-14(18-7-6-17-11(2)15)8-13(10)9-19-12(3)16/h4-5,8H,6-7,9H2,1-3H3. The Kier molecular flexibility index (Phi) is 5.85. The molecule has 0 aromatic heterocycles. The molecule has 104 valence electrons. The first-order valence-electron chi connectivity index (χ1n) is 5.98. The topological polar surface area (TPSA) is 61.8 Å². The Hall–Kier alpha value is -2.04. The number of ether oxygens (including phenoxy) is 3. The normalized spacial score (nSPS) is 9.84. The van der Waals surface area contributed by atoms with Gasteiger partial charge in [0.2, 0.25) is 0 Å². The van der Waals surface area contributed by atoms with Crippen LogP contribution in [0, 0.1) is 6.92 Å². The summed E-state index contributed by atoms with van der Waals surface area (Å²) in [6.45, 7) is 5.37. The molecule has 0 heterocycles. The average molecular weight is 266 g/mol. The van der Waals surface area contributed by atoms with E-state index in [2.05, 4.69) is 0 Å². The van der Waals surface area contributed by atoms with E-state index in [9.17, 15) is 9.59 Å². The molecule has 1 rings (SSSR count). The molecular formula is C14H18O5. The second-order valence-corrected chi connectivity index (χ2v) is 4.06. The van der Waals surface area contributed by atoms with Crippen molar-refractivity contribution in [2.24, 2.45) is 0 Å². The number of rotatable bonds is 6. The van der Waals surface area contributed by atoms with Gasteiger partial charge in [0.1, 0.15) is 25.6 Å². The molecule has 0 radical (unpaired) electrons. The van der Waals surface area contributed by atoms with Crippen LogP contribution < -0.4 is 4.74 Å². The summed E-state index contributed by atoms with van der Waals surface area (Å²) in [5.74, 6) is 0.00328.